The Bertz CT molecular complexity index is 1040. The topological polar surface area (TPSA) is 82.1 Å². The number of hydrogen-bond donors (Lipinski definition) is 0. The lowest BCUT2D eigenvalue weighted by atomic mass is 10.1. The van der Waals surface area contributed by atoms with Crippen LogP contribution in [-0.2, 0) is 20.9 Å². The highest BCUT2D eigenvalue weighted by molar-refractivity contribution is 8.18. The van der Waals surface area contributed by atoms with E-state index in [9.17, 15) is 14.4 Å². The lowest BCUT2D eigenvalue weighted by Crippen LogP contribution is -2.34. The molecule has 1 fully saturated rings. The molecule has 0 atom stereocenters. The molecule has 7 nitrogen and oxygen atoms in total. The van der Waals surface area contributed by atoms with Crippen LogP contribution in [-0.4, -0.2) is 42.3 Å². The van der Waals surface area contributed by atoms with Crippen molar-refractivity contribution in [2.24, 2.45) is 0 Å². The van der Waals surface area contributed by atoms with E-state index in [1.165, 1.54) is 7.11 Å². The fourth-order valence-corrected chi connectivity index (χ4v) is 3.82. The second-order valence-corrected chi connectivity index (χ2v) is 7.83. The minimum atomic E-state index is -0.664. The van der Waals surface area contributed by atoms with E-state index in [-0.39, 0.29) is 4.91 Å². The van der Waals surface area contributed by atoms with Crippen molar-refractivity contribution in [1.82, 2.24) is 4.90 Å². The zero-order chi connectivity index (χ0) is 22.4. The third-order valence-corrected chi connectivity index (χ3v) is 5.38. The van der Waals surface area contributed by atoms with Crippen molar-refractivity contribution in [3.63, 3.8) is 0 Å². The van der Waals surface area contributed by atoms with E-state index in [2.05, 4.69) is 4.74 Å². The highest BCUT2D eigenvalue weighted by atomic mass is 35.5. The summed E-state index contributed by atoms with van der Waals surface area (Å²) in [5.74, 6) is -0.159. The summed E-state index contributed by atoms with van der Waals surface area (Å²) in [5, 5.41) is 0.107. The van der Waals surface area contributed by atoms with Crippen LogP contribution in [0.1, 0.15) is 18.1 Å². The fraction of sp³-hybridized carbons (Fsp3) is 0.227. The van der Waals surface area contributed by atoms with E-state index in [0.29, 0.717) is 35.3 Å². The minimum Gasteiger partial charge on any atom is -0.490 e. The number of esters is 1. The summed E-state index contributed by atoms with van der Waals surface area (Å²) in [5.41, 5.74) is 1.57. The van der Waals surface area contributed by atoms with Gasteiger partial charge in [-0.2, -0.15) is 0 Å². The van der Waals surface area contributed by atoms with Gasteiger partial charge in [0.15, 0.2) is 11.5 Å². The third kappa shape index (κ3) is 5.80. The second kappa shape index (κ2) is 10.4. The highest BCUT2D eigenvalue weighted by Gasteiger charge is 2.36. The first kappa shape index (κ1) is 22.7. The Morgan fingerprint density at radius 1 is 1.13 bits per heavy atom. The van der Waals surface area contributed by atoms with Crippen LogP contribution in [0.2, 0.25) is 5.02 Å². The lowest BCUT2D eigenvalue weighted by molar-refractivity contribution is -0.143. The molecule has 3 rings (SSSR count). The van der Waals surface area contributed by atoms with Crippen molar-refractivity contribution < 1.29 is 28.6 Å². The van der Waals surface area contributed by atoms with Crippen molar-refractivity contribution in [3.05, 3.63) is 63.5 Å². The first-order chi connectivity index (χ1) is 14.9. The molecule has 0 bridgehead atoms. The maximum Gasteiger partial charge on any atom is 0.325 e. The number of methoxy groups -OCH3 is 1. The standard InChI is InChI=1S/C22H20ClNO6S/c1-3-29-18-10-14(7-8-17(18)30-13-15-5-4-6-16(23)9-15)11-19-21(26)24(22(27)31-19)12-20(25)28-2/h4-11H,3,12-13H2,1-2H3/b19-11-. The van der Waals surface area contributed by atoms with Gasteiger partial charge >= 0.3 is 5.97 Å². The molecule has 0 N–H and O–H groups in total. The second-order valence-electron chi connectivity index (χ2n) is 6.40. The molecule has 1 aliphatic rings. The van der Waals surface area contributed by atoms with Gasteiger partial charge in [0.1, 0.15) is 13.2 Å². The van der Waals surface area contributed by atoms with Crippen LogP contribution in [0.4, 0.5) is 4.79 Å². The molecule has 0 unspecified atom stereocenters. The molecule has 9 heteroatoms. The largest absolute Gasteiger partial charge is 0.490 e. The van der Waals surface area contributed by atoms with Gasteiger partial charge in [-0.3, -0.25) is 19.3 Å². The molecule has 2 aromatic rings. The van der Waals surface area contributed by atoms with E-state index in [4.69, 9.17) is 21.1 Å². The maximum atomic E-state index is 12.5. The summed E-state index contributed by atoms with van der Waals surface area (Å²) >= 11 is 6.78. The van der Waals surface area contributed by atoms with Crippen LogP contribution in [0.5, 0.6) is 11.5 Å². The summed E-state index contributed by atoms with van der Waals surface area (Å²) in [6.07, 6.45) is 1.57. The Labute approximate surface area is 188 Å². The number of halogens is 1. The SMILES string of the molecule is CCOc1cc(/C=C2\SC(=O)N(CC(=O)OC)C2=O)ccc1OCc1cccc(Cl)c1. The van der Waals surface area contributed by atoms with E-state index >= 15 is 0 Å². The number of imide groups is 1. The molecule has 0 saturated carbocycles. The van der Waals surface area contributed by atoms with Gasteiger partial charge in [0.05, 0.1) is 18.6 Å². The lowest BCUT2D eigenvalue weighted by Gasteiger charge is -2.13. The summed E-state index contributed by atoms with van der Waals surface area (Å²) in [4.78, 5) is 37.0. The molecule has 1 heterocycles. The van der Waals surface area contributed by atoms with Crippen LogP contribution in [0, 0.1) is 0 Å². The Balaban J connectivity index is 1.78. The third-order valence-electron chi connectivity index (χ3n) is 4.24. The fourth-order valence-electron chi connectivity index (χ4n) is 2.77. The predicted octanol–water partition coefficient (Wildman–Crippen LogP) is 4.53. The number of thioether (sulfide) groups is 1. The molecular formula is C22H20ClNO6S. The highest BCUT2D eigenvalue weighted by Crippen LogP contribution is 2.35. The number of hydrogen-bond acceptors (Lipinski definition) is 7. The van der Waals surface area contributed by atoms with Crippen molar-refractivity contribution in [2.75, 3.05) is 20.3 Å². The molecule has 1 aliphatic heterocycles. The van der Waals surface area contributed by atoms with Crippen molar-refractivity contribution in [1.29, 1.82) is 0 Å². The Morgan fingerprint density at radius 3 is 2.65 bits per heavy atom. The molecular weight excluding hydrogens is 442 g/mol. The molecule has 0 radical (unpaired) electrons. The van der Waals surface area contributed by atoms with E-state index < -0.39 is 23.7 Å². The van der Waals surface area contributed by atoms with Gasteiger partial charge in [0.2, 0.25) is 0 Å². The predicted molar refractivity (Wildman–Crippen MR) is 118 cm³/mol. The molecule has 1 saturated heterocycles. The average molecular weight is 462 g/mol. The number of rotatable bonds is 8. The molecule has 2 amide bonds. The van der Waals surface area contributed by atoms with Crippen LogP contribution in [0.15, 0.2) is 47.4 Å². The van der Waals surface area contributed by atoms with Gasteiger partial charge in [-0.25, -0.2) is 0 Å². The van der Waals surface area contributed by atoms with Crippen LogP contribution in [0.25, 0.3) is 6.08 Å². The zero-order valence-electron chi connectivity index (χ0n) is 16.9. The number of ether oxygens (including phenoxy) is 3. The van der Waals surface area contributed by atoms with Gasteiger partial charge < -0.3 is 14.2 Å². The zero-order valence-corrected chi connectivity index (χ0v) is 18.5. The summed E-state index contributed by atoms with van der Waals surface area (Å²) in [7, 11) is 1.20. The minimum absolute atomic E-state index is 0.212. The number of benzene rings is 2. The van der Waals surface area contributed by atoms with Crippen molar-refractivity contribution in [3.8, 4) is 11.5 Å². The number of nitrogens with zero attached hydrogens (tertiary/aromatic N) is 1. The first-order valence-corrected chi connectivity index (χ1v) is 10.6. The molecule has 2 aromatic carbocycles. The summed E-state index contributed by atoms with van der Waals surface area (Å²) in [6, 6.07) is 12.6. The Morgan fingerprint density at radius 2 is 1.94 bits per heavy atom. The number of carbonyl (C=O) groups is 3. The number of carbonyl (C=O) groups excluding carboxylic acids is 3. The van der Waals surface area contributed by atoms with Gasteiger partial charge in [0.25, 0.3) is 11.1 Å². The van der Waals surface area contributed by atoms with Gasteiger partial charge in [-0.1, -0.05) is 29.8 Å². The van der Waals surface area contributed by atoms with Crippen LogP contribution < -0.4 is 9.47 Å². The van der Waals surface area contributed by atoms with Gasteiger partial charge in [-0.15, -0.1) is 0 Å². The first-order valence-electron chi connectivity index (χ1n) is 9.37. The normalized spacial score (nSPS) is 14.8. The maximum absolute atomic E-state index is 12.5. The van der Waals surface area contributed by atoms with Crippen molar-refractivity contribution in [2.45, 2.75) is 13.5 Å². The van der Waals surface area contributed by atoms with Gasteiger partial charge in [-0.05, 0) is 60.2 Å². The van der Waals surface area contributed by atoms with Gasteiger partial charge in [0, 0.05) is 5.02 Å². The number of amides is 2. The van der Waals surface area contributed by atoms with Crippen molar-refractivity contribution >= 4 is 46.6 Å². The van der Waals surface area contributed by atoms with E-state index in [1.54, 1.807) is 30.3 Å². The molecule has 0 spiro atoms. The smallest absolute Gasteiger partial charge is 0.325 e. The molecule has 0 aromatic heterocycles. The van der Waals surface area contributed by atoms with Crippen LogP contribution in [0.3, 0.4) is 0 Å². The average Bonchev–Trinajstić information content (AvgIpc) is 3.00. The molecule has 162 valence electrons. The van der Waals surface area contributed by atoms with E-state index in [0.717, 1.165) is 22.2 Å². The monoisotopic (exact) mass is 461 g/mol. The Hall–Kier alpha value is -2.97. The summed E-state index contributed by atoms with van der Waals surface area (Å²) < 4.78 is 16.1. The molecule has 0 aliphatic carbocycles. The van der Waals surface area contributed by atoms with Crippen LogP contribution >= 0.6 is 23.4 Å². The summed E-state index contributed by atoms with van der Waals surface area (Å²) in [6.45, 7) is 2.17. The van der Waals surface area contributed by atoms with E-state index in [1.807, 2.05) is 25.1 Å². The quantitative estimate of drug-likeness (QED) is 0.422. The Kier molecular flexibility index (Phi) is 7.59. The molecule has 31 heavy (non-hydrogen) atoms.